The summed E-state index contributed by atoms with van der Waals surface area (Å²) < 4.78 is 6.44. The number of aromatic hydroxyl groups is 1. The molecular formula is C54H58ClN7O9. The molecule has 0 saturated heterocycles. The number of carbonyl (C=O) groups is 7. The molecule has 7 amide bonds. The van der Waals surface area contributed by atoms with Crippen LogP contribution in [0.5, 0.6) is 11.5 Å². The van der Waals surface area contributed by atoms with Crippen LogP contribution in [0.4, 0.5) is 17.1 Å². The summed E-state index contributed by atoms with van der Waals surface area (Å²) in [5.41, 5.74) is 10.5. The van der Waals surface area contributed by atoms with E-state index in [0.29, 0.717) is 81.2 Å². The number of phenols is 1. The number of carbonyl (C=O) groups excluding carboxylic acids is 7. The number of nitrogens with two attached hydrogens (primary N) is 1. The van der Waals surface area contributed by atoms with Gasteiger partial charge in [-0.3, -0.25) is 38.5 Å². The van der Waals surface area contributed by atoms with E-state index in [1.165, 1.54) is 12.2 Å². The Morgan fingerprint density at radius 2 is 1.45 bits per heavy atom. The highest BCUT2D eigenvalue weighted by Gasteiger charge is 2.35. The summed E-state index contributed by atoms with van der Waals surface area (Å²) in [7, 11) is 0. The average molecular weight is 985 g/mol. The molecule has 16 nitrogen and oxygen atoms in total. The minimum atomic E-state index is -0.895. The zero-order valence-corrected chi connectivity index (χ0v) is 40.2. The van der Waals surface area contributed by atoms with Gasteiger partial charge >= 0.3 is 0 Å². The normalized spacial score (nSPS) is 15.3. The van der Waals surface area contributed by atoms with E-state index >= 15 is 0 Å². The third-order valence-corrected chi connectivity index (χ3v) is 13.7. The van der Waals surface area contributed by atoms with Gasteiger partial charge in [-0.1, -0.05) is 67.1 Å². The van der Waals surface area contributed by atoms with E-state index < -0.39 is 17.9 Å². The number of phenolic OH excluding ortho intramolecular Hbond substituents is 1. The van der Waals surface area contributed by atoms with E-state index in [2.05, 4.69) is 16.0 Å². The lowest BCUT2D eigenvalue weighted by Gasteiger charge is -2.21. The van der Waals surface area contributed by atoms with Crippen LogP contribution in [0.3, 0.4) is 0 Å². The average Bonchev–Trinajstić information content (AvgIpc) is 4.08. The molecule has 3 aliphatic rings. The topological polar surface area (TPSA) is 221 Å². The number of nitrogens with one attached hydrogen (secondary N) is 3. The summed E-state index contributed by atoms with van der Waals surface area (Å²) in [6.07, 6.45) is 6.48. The molecular weight excluding hydrogens is 926 g/mol. The number of hydrogen-bond acceptors (Lipinski definition) is 10. The van der Waals surface area contributed by atoms with E-state index in [4.69, 9.17) is 22.1 Å². The number of benzene rings is 5. The zero-order chi connectivity index (χ0) is 50.0. The van der Waals surface area contributed by atoms with Gasteiger partial charge < -0.3 is 41.3 Å². The van der Waals surface area contributed by atoms with Crippen molar-refractivity contribution >= 4 is 91.6 Å². The number of ether oxygens (including phenoxy) is 1. The Bertz CT molecular complexity index is 2870. The highest BCUT2D eigenvalue weighted by molar-refractivity contribution is 6.19. The maximum atomic E-state index is 13.8. The first-order valence-corrected chi connectivity index (χ1v) is 24.8. The first-order valence-electron chi connectivity index (χ1n) is 24.2. The number of nitrogens with zero attached hydrogens (tertiary/aromatic N) is 3. The second kappa shape index (κ2) is 23.1. The van der Waals surface area contributed by atoms with Crippen molar-refractivity contribution in [2.75, 3.05) is 53.7 Å². The van der Waals surface area contributed by atoms with Crippen molar-refractivity contribution in [2.24, 2.45) is 5.73 Å². The van der Waals surface area contributed by atoms with Gasteiger partial charge in [0.1, 0.15) is 24.1 Å². The minimum absolute atomic E-state index is 0.0743. The summed E-state index contributed by atoms with van der Waals surface area (Å²) in [6.45, 7) is 1.41. The highest BCUT2D eigenvalue weighted by atomic mass is 35.5. The SMILES string of the molecule is NCCC[C@H](NC(=O)CNC(=O)CCCCCN1C(=O)C=CC1=O)C(=O)Nc1ccc(COc2cc3c(c4ccccc24)CCN3C(=O)CCCC(=O)N2C[C@@H](CCl)c3c2cc(O)c2ccccc32)cc1. The molecule has 3 aliphatic heterocycles. The van der Waals surface area contributed by atoms with Gasteiger partial charge in [-0.05, 0) is 84.7 Å². The fourth-order valence-corrected chi connectivity index (χ4v) is 9.88. The Labute approximate surface area is 416 Å². The Kier molecular flexibility index (Phi) is 16.3. The molecule has 0 unspecified atom stereocenters. The summed E-state index contributed by atoms with van der Waals surface area (Å²) in [4.78, 5) is 94.1. The van der Waals surface area contributed by atoms with Crippen LogP contribution in [0.15, 0.2) is 97.1 Å². The minimum Gasteiger partial charge on any atom is -0.507 e. The van der Waals surface area contributed by atoms with Crippen molar-refractivity contribution in [3.8, 4) is 11.5 Å². The van der Waals surface area contributed by atoms with Gasteiger partial charge in [-0.25, -0.2) is 0 Å². The van der Waals surface area contributed by atoms with Crippen LogP contribution in [0.1, 0.15) is 80.4 Å². The van der Waals surface area contributed by atoms with E-state index in [1.54, 1.807) is 28.0 Å². The van der Waals surface area contributed by atoms with E-state index in [0.717, 1.165) is 48.8 Å². The molecule has 17 heteroatoms. The zero-order valence-electron chi connectivity index (χ0n) is 39.4. The van der Waals surface area contributed by atoms with E-state index in [-0.39, 0.29) is 86.6 Å². The molecule has 8 rings (SSSR count). The van der Waals surface area contributed by atoms with Crippen LogP contribution in [-0.4, -0.2) is 96.0 Å². The van der Waals surface area contributed by atoms with Gasteiger partial charge in [0.05, 0.1) is 17.9 Å². The molecule has 370 valence electrons. The van der Waals surface area contributed by atoms with Gasteiger partial charge in [0.25, 0.3) is 11.8 Å². The number of anilines is 3. The van der Waals surface area contributed by atoms with Crippen molar-refractivity contribution in [3.05, 3.63) is 114 Å². The van der Waals surface area contributed by atoms with Crippen molar-refractivity contribution in [1.82, 2.24) is 15.5 Å². The van der Waals surface area contributed by atoms with Gasteiger partial charge in [-0.15, -0.1) is 11.6 Å². The van der Waals surface area contributed by atoms with Crippen molar-refractivity contribution < 1.29 is 43.4 Å². The molecule has 0 saturated carbocycles. The Hall–Kier alpha value is -7.30. The van der Waals surface area contributed by atoms with Gasteiger partial charge in [0, 0.05) is 91.4 Å². The molecule has 0 aliphatic carbocycles. The third kappa shape index (κ3) is 11.7. The quantitative estimate of drug-likeness (QED) is 0.0289. The molecule has 5 aromatic carbocycles. The summed E-state index contributed by atoms with van der Waals surface area (Å²) >= 11 is 6.39. The molecule has 0 bridgehead atoms. The third-order valence-electron chi connectivity index (χ3n) is 13.3. The number of unbranched alkanes of at least 4 members (excludes halogenated alkanes) is 2. The second-order valence-electron chi connectivity index (χ2n) is 18.1. The van der Waals surface area contributed by atoms with Crippen LogP contribution in [-0.2, 0) is 46.6 Å². The molecule has 6 N–H and O–H groups in total. The predicted molar refractivity (Wildman–Crippen MR) is 272 cm³/mol. The maximum Gasteiger partial charge on any atom is 0.253 e. The first-order chi connectivity index (χ1) is 34.4. The smallest absolute Gasteiger partial charge is 0.253 e. The second-order valence-corrected chi connectivity index (χ2v) is 18.4. The number of halogens is 1. The fourth-order valence-electron chi connectivity index (χ4n) is 9.63. The molecule has 2 atom stereocenters. The standard InChI is InChI=1S/C54H58ClN7O9/c55-30-35-32-62(44-28-45(63)39-11-4-6-13-41(39)53(35)44)50(67)17-8-16-49(66)60-27-24-38-37-10-3-5-12-40(37)46(29-43(38)60)71-33-34-18-20-36(21-19-34)58-54(70)42(14-9-25-56)59-48(65)31-57-47(64)15-2-1-7-26-61-51(68)22-23-52(61)69/h3-6,10-13,18-23,28-29,35,42,63H,1-2,7-9,14-17,24-27,30-33,56H2,(H,57,64)(H,58,70)(H,59,65)/t35-,42+/m1/s1. The lowest BCUT2D eigenvalue weighted by atomic mass is 9.95. The Morgan fingerprint density at radius 3 is 2.17 bits per heavy atom. The summed E-state index contributed by atoms with van der Waals surface area (Å²) in [6, 6.07) is 25.3. The van der Waals surface area contributed by atoms with Crippen LogP contribution >= 0.6 is 11.6 Å². The molecule has 0 spiro atoms. The van der Waals surface area contributed by atoms with Gasteiger partial charge in [-0.2, -0.15) is 0 Å². The number of rotatable bonds is 22. The molecule has 0 fully saturated rings. The summed E-state index contributed by atoms with van der Waals surface area (Å²) in [5.74, 6) is -1.19. The van der Waals surface area contributed by atoms with E-state index in [9.17, 15) is 38.7 Å². The summed E-state index contributed by atoms with van der Waals surface area (Å²) in [5, 5.41) is 22.5. The molecule has 5 aromatic rings. The highest BCUT2D eigenvalue weighted by Crippen LogP contribution is 2.46. The van der Waals surface area contributed by atoms with Gasteiger partial charge in [0.15, 0.2) is 0 Å². The van der Waals surface area contributed by atoms with Crippen LogP contribution in [0.25, 0.3) is 21.5 Å². The first kappa shape index (κ1) is 50.1. The molecule has 0 radical (unpaired) electrons. The van der Waals surface area contributed by atoms with Crippen molar-refractivity contribution in [2.45, 2.75) is 82.8 Å². The van der Waals surface area contributed by atoms with Gasteiger partial charge in [0.2, 0.25) is 29.5 Å². The van der Waals surface area contributed by atoms with Crippen LogP contribution < -0.4 is 36.2 Å². The molecule has 71 heavy (non-hydrogen) atoms. The number of hydrogen-bond donors (Lipinski definition) is 5. The van der Waals surface area contributed by atoms with Crippen molar-refractivity contribution in [1.29, 1.82) is 0 Å². The number of imide groups is 1. The van der Waals surface area contributed by atoms with Crippen molar-refractivity contribution in [3.63, 3.8) is 0 Å². The number of amides is 7. The number of alkyl halides is 1. The predicted octanol–water partition coefficient (Wildman–Crippen LogP) is 6.47. The van der Waals surface area contributed by atoms with Crippen LogP contribution in [0, 0.1) is 0 Å². The Balaban J connectivity index is 0.820. The number of fused-ring (bicyclic) bond motifs is 6. The lowest BCUT2D eigenvalue weighted by molar-refractivity contribution is -0.137. The van der Waals surface area contributed by atoms with Crippen LogP contribution in [0.2, 0.25) is 0 Å². The Morgan fingerprint density at radius 1 is 0.761 bits per heavy atom. The monoisotopic (exact) mass is 983 g/mol. The largest absolute Gasteiger partial charge is 0.507 e. The van der Waals surface area contributed by atoms with E-state index in [1.807, 2.05) is 66.7 Å². The maximum absolute atomic E-state index is 13.8. The lowest BCUT2D eigenvalue weighted by Crippen LogP contribution is -2.47. The molecule has 0 aromatic heterocycles. The fraction of sp³-hybridized carbons (Fsp3) is 0.352. The molecule has 3 heterocycles.